The molecule has 0 spiro atoms. The molecule has 5 heteroatoms. The van der Waals surface area contributed by atoms with Crippen LogP contribution in [0.3, 0.4) is 0 Å². The van der Waals surface area contributed by atoms with Gasteiger partial charge < -0.3 is 0 Å². The summed E-state index contributed by atoms with van der Waals surface area (Å²) in [6.45, 7) is 3.56. The summed E-state index contributed by atoms with van der Waals surface area (Å²) in [5.74, 6) is -0.490. The summed E-state index contributed by atoms with van der Waals surface area (Å²) in [6.07, 6.45) is 3.25. The largest absolute Gasteiger partial charge is 0.293 e. The maximum Gasteiger partial charge on any atom is 0.270 e. The van der Waals surface area contributed by atoms with Gasteiger partial charge in [-0.15, -0.1) is 0 Å². The highest BCUT2D eigenvalue weighted by Crippen LogP contribution is 2.24. The monoisotopic (exact) mass is 270 g/mol. The molecule has 2 rings (SSSR count). The summed E-state index contributed by atoms with van der Waals surface area (Å²) in [6, 6.07) is 7.90. The quantitative estimate of drug-likeness (QED) is 0.485. The highest BCUT2D eigenvalue weighted by atomic mass is 16.6. The summed E-state index contributed by atoms with van der Waals surface area (Å²) < 4.78 is 0. The first-order valence-electron chi connectivity index (χ1n) is 6.20. The standard InChI is InChI=1S/C15H14N2O3/c1-10-3-4-13(17(19)20)9-14(10)15(18)11(2)12-5-7-16-8-6-12/h3-9,11H,1-2H3. The molecular formula is C15H14N2O3. The number of hydrogen-bond acceptors (Lipinski definition) is 4. The van der Waals surface area contributed by atoms with Crippen LogP contribution in [0, 0.1) is 17.0 Å². The van der Waals surface area contributed by atoms with E-state index in [1.165, 1.54) is 12.1 Å². The number of aromatic nitrogens is 1. The van der Waals surface area contributed by atoms with Crippen molar-refractivity contribution in [1.82, 2.24) is 4.98 Å². The van der Waals surface area contributed by atoms with E-state index in [4.69, 9.17) is 0 Å². The fourth-order valence-electron chi connectivity index (χ4n) is 2.03. The normalized spacial score (nSPS) is 11.9. The maximum atomic E-state index is 12.5. The highest BCUT2D eigenvalue weighted by molar-refractivity contribution is 6.02. The Morgan fingerprint density at radius 2 is 1.90 bits per heavy atom. The molecule has 0 aliphatic carbocycles. The fourth-order valence-corrected chi connectivity index (χ4v) is 2.03. The number of nitro groups is 1. The molecule has 102 valence electrons. The van der Waals surface area contributed by atoms with E-state index in [0.717, 1.165) is 11.1 Å². The number of carbonyl (C=O) groups excluding carboxylic acids is 1. The Hall–Kier alpha value is -2.56. The zero-order valence-electron chi connectivity index (χ0n) is 11.2. The molecule has 1 heterocycles. The Balaban J connectivity index is 2.38. The average molecular weight is 270 g/mol. The van der Waals surface area contributed by atoms with Gasteiger partial charge in [0.05, 0.1) is 4.92 Å². The number of nitro benzene ring substituents is 1. The third kappa shape index (κ3) is 2.71. The molecule has 0 radical (unpaired) electrons. The first kappa shape index (κ1) is 13.9. The second kappa shape index (κ2) is 5.61. The third-order valence-electron chi connectivity index (χ3n) is 3.30. The minimum atomic E-state index is -0.493. The lowest BCUT2D eigenvalue weighted by atomic mass is 9.90. The number of hydrogen-bond donors (Lipinski definition) is 0. The Bertz CT molecular complexity index is 653. The van der Waals surface area contributed by atoms with E-state index in [9.17, 15) is 14.9 Å². The second-order valence-electron chi connectivity index (χ2n) is 4.62. The van der Waals surface area contributed by atoms with E-state index in [1.807, 2.05) is 0 Å². The Kier molecular flexibility index (Phi) is 3.89. The number of aryl methyl sites for hydroxylation is 1. The van der Waals surface area contributed by atoms with Crippen molar-refractivity contribution in [1.29, 1.82) is 0 Å². The van der Waals surface area contributed by atoms with Crippen molar-refractivity contribution in [2.24, 2.45) is 0 Å². The smallest absolute Gasteiger partial charge is 0.270 e. The molecule has 0 amide bonds. The predicted octanol–water partition coefficient (Wildman–Crippen LogP) is 3.28. The number of nitrogens with zero attached hydrogens (tertiary/aromatic N) is 2. The summed E-state index contributed by atoms with van der Waals surface area (Å²) >= 11 is 0. The first-order valence-corrected chi connectivity index (χ1v) is 6.20. The molecule has 0 N–H and O–H groups in total. The van der Waals surface area contributed by atoms with Crippen LogP contribution in [0.4, 0.5) is 5.69 Å². The minimum absolute atomic E-state index is 0.0686. The van der Waals surface area contributed by atoms with Crippen LogP contribution in [-0.4, -0.2) is 15.7 Å². The third-order valence-corrected chi connectivity index (χ3v) is 3.30. The van der Waals surface area contributed by atoms with Gasteiger partial charge >= 0.3 is 0 Å². The van der Waals surface area contributed by atoms with Gasteiger partial charge in [0.1, 0.15) is 0 Å². The maximum absolute atomic E-state index is 12.5. The van der Waals surface area contributed by atoms with Gasteiger partial charge in [0, 0.05) is 36.0 Å². The molecule has 0 saturated heterocycles. The lowest BCUT2D eigenvalue weighted by Gasteiger charge is -2.12. The topological polar surface area (TPSA) is 73.1 Å². The van der Waals surface area contributed by atoms with Crippen molar-refractivity contribution < 1.29 is 9.72 Å². The number of ketones is 1. The molecule has 0 bridgehead atoms. The summed E-state index contributed by atoms with van der Waals surface area (Å²) in [4.78, 5) is 26.7. The molecule has 0 fully saturated rings. The van der Waals surface area contributed by atoms with Gasteiger partial charge in [-0.05, 0) is 30.2 Å². The van der Waals surface area contributed by atoms with E-state index in [0.29, 0.717) is 5.56 Å². The van der Waals surface area contributed by atoms with Crippen molar-refractivity contribution in [3.05, 3.63) is 69.5 Å². The minimum Gasteiger partial charge on any atom is -0.293 e. The zero-order valence-corrected chi connectivity index (χ0v) is 11.2. The van der Waals surface area contributed by atoms with E-state index >= 15 is 0 Å². The molecule has 1 unspecified atom stereocenters. The number of Topliss-reactive ketones (excluding diaryl/α,β-unsaturated/α-hetero) is 1. The average Bonchev–Trinajstić information content (AvgIpc) is 2.47. The molecular weight excluding hydrogens is 256 g/mol. The van der Waals surface area contributed by atoms with Gasteiger partial charge in [-0.2, -0.15) is 0 Å². The summed E-state index contributed by atoms with van der Waals surface area (Å²) in [5, 5.41) is 10.8. The van der Waals surface area contributed by atoms with Crippen molar-refractivity contribution in [2.75, 3.05) is 0 Å². The van der Waals surface area contributed by atoms with Gasteiger partial charge in [-0.3, -0.25) is 19.9 Å². The van der Waals surface area contributed by atoms with Crippen molar-refractivity contribution >= 4 is 11.5 Å². The second-order valence-corrected chi connectivity index (χ2v) is 4.62. The lowest BCUT2D eigenvalue weighted by molar-refractivity contribution is -0.384. The van der Waals surface area contributed by atoms with Crippen LogP contribution in [0.1, 0.15) is 34.3 Å². The van der Waals surface area contributed by atoms with Gasteiger partial charge in [-0.25, -0.2) is 0 Å². The summed E-state index contributed by atoms with van der Waals surface area (Å²) in [5.41, 5.74) is 1.90. The van der Waals surface area contributed by atoms with Gasteiger partial charge in [0.2, 0.25) is 0 Å². The van der Waals surface area contributed by atoms with E-state index in [-0.39, 0.29) is 17.4 Å². The SMILES string of the molecule is Cc1ccc([N+](=O)[O-])cc1C(=O)C(C)c1ccncc1. The molecule has 0 aliphatic rings. The lowest BCUT2D eigenvalue weighted by Crippen LogP contribution is -2.11. The van der Waals surface area contributed by atoms with Gasteiger partial charge in [0.25, 0.3) is 5.69 Å². The van der Waals surface area contributed by atoms with Crippen molar-refractivity contribution in [2.45, 2.75) is 19.8 Å². The fraction of sp³-hybridized carbons (Fsp3) is 0.200. The van der Waals surface area contributed by atoms with E-state index in [1.54, 1.807) is 44.4 Å². The molecule has 0 saturated carbocycles. The Morgan fingerprint density at radius 3 is 2.50 bits per heavy atom. The van der Waals surface area contributed by atoms with Crippen LogP contribution in [0.25, 0.3) is 0 Å². The Labute approximate surface area is 116 Å². The van der Waals surface area contributed by atoms with Crippen LogP contribution in [0.5, 0.6) is 0 Å². The predicted molar refractivity (Wildman–Crippen MR) is 74.8 cm³/mol. The molecule has 1 atom stereocenters. The molecule has 1 aromatic heterocycles. The highest BCUT2D eigenvalue weighted by Gasteiger charge is 2.21. The zero-order chi connectivity index (χ0) is 14.7. The summed E-state index contributed by atoms with van der Waals surface area (Å²) in [7, 11) is 0. The van der Waals surface area contributed by atoms with Crippen LogP contribution in [-0.2, 0) is 0 Å². The molecule has 5 nitrogen and oxygen atoms in total. The van der Waals surface area contributed by atoms with Crippen molar-refractivity contribution in [3.8, 4) is 0 Å². The number of rotatable bonds is 4. The number of benzene rings is 1. The van der Waals surface area contributed by atoms with Gasteiger partial charge in [0.15, 0.2) is 5.78 Å². The van der Waals surface area contributed by atoms with Crippen LogP contribution < -0.4 is 0 Å². The molecule has 0 aliphatic heterocycles. The van der Waals surface area contributed by atoms with Crippen LogP contribution in [0.2, 0.25) is 0 Å². The van der Waals surface area contributed by atoms with Crippen LogP contribution in [0.15, 0.2) is 42.7 Å². The number of pyridine rings is 1. The molecule has 20 heavy (non-hydrogen) atoms. The van der Waals surface area contributed by atoms with Gasteiger partial charge in [-0.1, -0.05) is 13.0 Å². The first-order chi connectivity index (χ1) is 9.50. The number of non-ortho nitro benzene ring substituents is 1. The van der Waals surface area contributed by atoms with Crippen molar-refractivity contribution in [3.63, 3.8) is 0 Å². The molecule has 2 aromatic rings. The van der Waals surface area contributed by atoms with E-state index < -0.39 is 4.92 Å². The number of carbonyl (C=O) groups is 1. The Morgan fingerprint density at radius 1 is 1.25 bits per heavy atom. The molecule has 1 aromatic carbocycles. The van der Waals surface area contributed by atoms with Crippen LogP contribution >= 0.6 is 0 Å². The van der Waals surface area contributed by atoms with E-state index in [2.05, 4.69) is 4.98 Å².